The number of nitro benzene ring substituents is 1. The Morgan fingerprint density at radius 3 is 2.20 bits per heavy atom. The molecule has 0 heterocycles. The van der Waals surface area contributed by atoms with E-state index in [4.69, 9.17) is 5.84 Å². The zero-order valence-corrected chi connectivity index (χ0v) is 12.6. The summed E-state index contributed by atoms with van der Waals surface area (Å²) >= 11 is 0. The number of hydrogen-bond donors (Lipinski definition) is 2. The number of benzene rings is 1. The molecule has 6 nitrogen and oxygen atoms in total. The highest BCUT2D eigenvalue weighted by Crippen LogP contribution is 2.35. The average Bonchev–Trinajstić information content (AvgIpc) is 2.35. The number of para-hydroxylation sites is 1. The third kappa shape index (κ3) is 4.09. The topological polar surface area (TPSA) is 84.4 Å². The number of nitrogens with zero attached hydrogens (tertiary/aromatic N) is 2. The molecule has 1 aromatic rings. The molecule has 0 atom stereocenters. The zero-order valence-electron chi connectivity index (χ0n) is 12.6. The van der Waals surface area contributed by atoms with Gasteiger partial charge in [0.25, 0.3) is 0 Å². The van der Waals surface area contributed by atoms with Crippen LogP contribution in [0.2, 0.25) is 0 Å². The summed E-state index contributed by atoms with van der Waals surface area (Å²) in [6, 6.07) is 5.18. The van der Waals surface area contributed by atoms with Gasteiger partial charge in [0.2, 0.25) is 0 Å². The summed E-state index contributed by atoms with van der Waals surface area (Å²) in [5.74, 6) is 6.23. The first kappa shape index (κ1) is 16.2. The fourth-order valence-electron chi connectivity index (χ4n) is 2.25. The molecule has 6 heteroatoms. The molecule has 0 unspecified atom stereocenters. The van der Waals surface area contributed by atoms with Crippen LogP contribution >= 0.6 is 0 Å². The average molecular weight is 280 g/mol. The summed E-state index contributed by atoms with van der Waals surface area (Å²) in [5.41, 5.74) is 3.41. The highest BCUT2D eigenvalue weighted by Gasteiger charge is 2.24. The minimum absolute atomic E-state index is 0.0382. The third-order valence-corrected chi connectivity index (χ3v) is 2.86. The van der Waals surface area contributed by atoms with E-state index < -0.39 is 0 Å². The number of nitrogens with two attached hydrogens (primary N) is 1. The molecule has 0 aromatic heterocycles. The monoisotopic (exact) mass is 280 g/mol. The molecule has 112 valence electrons. The molecule has 1 rings (SSSR count). The maximum Gasteiger partial charge on any atom is 0.316 e. The van der Waals surface area contributed by atoms with Crippen LogP contribution in [0.1, 0.15) is 27.7 Å². The summed E-state index contributed by atoms with van der Waals surface area (Å²) in [4.78, 5) is 13.0. The molecule has 0 fully saturated rings. The van der Waals surface area contributed by atoms with E-state index in [1.807, 2.05) is 0 Å². The van der Waals surface area contributed by atoms with Crippen LogP contribution in [0, 0.1) is 22.0 Å². The Bertz CT molecular complexity index is 450. The lowest BCUT2D eigenvalue weighted by Gasteiger charge is -2.28. The number of nitrogen functional groups attached to an aromatic ring is 1. The van der Waals surface area contributed by atoms with Gasteiger partial charge in [-0.05, 0) is 24.0 Å². The van der Waals surface area contributed by atoms with Gasteiger partial charge < -0.3 is 10.3 Å². The standard InChI is InChI=1S/C14H24N4O2/c1-10(2)8-17(9-11(3)4)13-7-5-6-12(16-15)14(13)18(19)20/h5-7,10-11,16H,8-9,15H2,1-4H3. The Morgan fingerprint density at radius 2 is 1.80 bits per heavy atom. The van der Waals surface area contributed by atoms with Gasteiger partial charge in [0.05, 0.1) is 4.92 Å². The Balaban J connectivity index is 3.27. The molecule has 0 spiro atoms. The largest absolute Gasteiger partial charge is 0.365 e. The molecule has 0 aliphatic heterocycles. The van der Waals surface area contributed by atoms with Gasteiger partial charge in [0.1, 0.15) is 11.4 Å². The van der Waals surface area contributed by atoms with E-state index in [0.717, 1.165) is 13.1 Å². The predicted octanol–water partition coefficient (Wildman–Crippen LogP) is 3.00. The SMILES string of the molecule is CC(C)CN(CC(C)C)c1cccc(NN)c1[N+](=O)[O-]. The Labute approximate surface area is 120 Å². The Hall–Kier alpha value is -1.82. The summed E-state index contributed by atoms with van der Waals surface area (Å²) in [7, 11) is 0. The Kier molecular flexibility index (Phi) is 5.76. The summed E-state index contributed by atoms with van der Waals surface area (Å²) in [6.07, 6.45) is 0. The molecule has 0 bridgehead atoms. The van der Waals surface area contributed by atoms with Gasteiger partial charge in [-0.3, -0.25) is 16.0 Å². The first-order chi connectivity index (χ1) is 9.36. The molecule has 20 heavy (non-hydrogen) atoms. The fraction of sp³-hybridized carbons (Fsp3) is 0.571. The number of hydrazine groups is 1. The van der Waals surface area contributed by atoms with Gasteiger partial charge in [0.15, 0.2) is 0 Å². The van der Waals surface area contributed by atoms with Crippen molar-refractivity contribution in [3.63, 3.8) is 0 Å². The van der Waals surface area contributed by atoms with Crippen LogP contribution in [0.3, 0.4) is 0 Å². The first-order valence-electron chi connectivity index (χ1n) is 6.85. The number of nitro groups is 1. The zero-order chi connectivity index (χ0) is 15.3. The van der Waals surface area contributed by atoms with Gasteiger partial charge in [0, 0.05) is 13.1 Å². The smallest absolute Gasteiger partial charge is 0.316 e. The second-order valence-corrected chi connectivity index (χ2v) is 5.77. The van der Waals surface area contributed by atoms with Gasteiger partial charge in [-0.1, -0.05) is 33.8 Å². The first-order valence-corrected chi connectivity index (χ1v) is 6.85. The maximum atomic E-state index is 11.4. The van der Waals surface area contributed by atoms with Crippen LogP contribution in [0.25, 0.3) is 0 Å². The highest BCUT2D eigenvalue weighted by atomic mass is 16.6. The van der Waals surface area contributed by atoms with Crippen molar-refractivity contribution in [2.45, 2.75) is 27.7 Å². The number of hydrogen-bond acceptors (Lipinski definition) is 5. The number of rotatable bonds is 7. The number of nitrogens with one attached hydrogen (secondary N) is 1. The van der Waals surface area contributed by atoms with Gasteiger partial charge in [-0.2, -0.15) is 0 Å². The molecular formula is C14H24N4O2. The molecule has 3 N–H and O–H groups in total. The van der Waals surface area contributed by atoms with Gasteiger partial charge in [-0.25, -0.2) is 0 Å². The van der Waals surface area contributed by atoms with E-state index in [1.54, 1.807) is 18.2 Å². The normalized spacial score (nSPS) is 10.9. The van der Waals surface area contributed by atoms with Crippen molar-refractivity contribution in [1.29, 1.82) is 0 Å². The van der Waals surface area contributed by atoms with Crippen molar-refractivity contribution < 1.29 is 4.92 Å². The summed E-state index contributed by atoms with van der Waals surface area (Å²) in [6.45, 7) is 9.95. The van der Waals surface area contributed by atoms with Crippen molar-refractivity contribution in [2.75, 3.05) is 23.4 Å². The van der Waals surface area contributed by atoms with Crippen LogP contribution in [-0.2, 0) is 0 Å². The highest BCUT2D eigenvalue weighted by molar-refractivity contribution is 5.76. The van der Waals surface area contributed by atoms with Crippen LogP contribution in [0.15, 0.2) is 18.2 Å². The molecule has 0 amide bonds. The van der Waals surface area contributed by atoms with Gasteiger partial charge in [-0.15, -0.1) is 0 Å². The third-order valence-electron chi connectivity index (χ3n) is 2.86. The van der Waals surface area contributed by atoms with E-state index in [0.29, 0.717) is 23.2 Å². The van der Waals surface area contributed by atoms with E-state index in [9.17, 15) is 10.1 Å². The molecule has 0 aliphatic rings. The lowest BCUT2D eigenvalue weighted by molar-refractivity contribution is -0.383. The minimum atomic E-state index is -0.377. The second-order valence-electron chi connectivity index (χ2n) is 5.77. The van der Waals surface area contributed by atoms with Crippen LogP contribution in [-0.4, -0.2) is 18.0 Å². The second kappa shape index (κ2) is 7.09. The maximum absolute atomic E-state index is 11.4. The molecule has 0 aliphatic carbocycles. The van der Waals surface area contributed by atoms with Crippen molar-refractivity contribution >= 4 is 17.1 Å². The molecule has 0 radical (unpaired) electrons. The van der Waals surface area contributed by atoms with E-state index in [-0.39, 0.29) is 10.6 Å². The van der Waals surface area contributed by atoms with Crippen molar-refractivity contribution in [1.82, 2.24) is 0 Å². The predicted molar refractivity (Wildman–Crippen MR) is 82.8 cm³/mol. The quantitative estimate of drug-likeness (QED) is 0.455. The lowest BCUT2D eigenvalue weighted by Crippen LogP contribution is -2.32. The van der Waals surface area contributed by atoms with E-state index in [2.05, 4.69) is 38.0 Å². The molecular weight excluding hydrogens is 256 g/mol. The van der Waals surface area contributed by atoms with Crippen molar-refractivity contribution in [2.24, 2.45) is 17.7 Å². The van der Waals surface area contributed by atoms with Crippen molar-refractivity contribution in [3.05, 3.63) is 28.3 Å². The summed E-state index contributed by atoms with van der Waals surface area (Å²) < 4.78 is 0. The Morgan fingerprint density at radius 1 is 1.25 bits per heavy atom. The molecule has 0 saturated carbocycles. The van der Waals surface area contributed by atoms with Crippen LogP contribution in [0.4, 0.5) is 17.1 Å². The number of anilines is 2. The molecule has 0 saturated heterocycles. The van der Waals surface area contributed by atoms with E-state index >= 15 is 0 Å². The van der Waals surface area contributed by atoms with Gasteiger partial charge >= 0.3 is 5.69 Å². The summed E-state index contributed by atoms with van der Waals surface area (Å²) in [5, 5.41) is 11.4. The van der Waals surface area contributed by atoms with Crippen molar-refractivity contribution in [3.8, 4) is 0 Å². The van der Waals surface area contributed by atoms with E-state index in [1.165, 1.54) is 0 Å². The van der Waals surface area contributed by atoms with Crippen LogP contribution < -0.4 is 16.2 Å². The fourth-order valence-corrected chi connectivity index (χ4v) is 2.25. The minimum Gasteiger partial charge on any atom is -0.365 e. The van der Waals surface area contributed by atoms with Crippen LogP contribution in [0.5, 0.6) is 0 Å². The lowest BCUT2D eigenvalue weighted by atomic mass is 10.1. The molecule has 1 aromatic carbocycles.